The molecule has 1 saturated heterocycles. The van der Waals surface area contributed by atoms with Crippen molar-refractivity contribution in [3.05, 3.63) is 89.0 Å². The average Bonchev–Trinajstić information content (AvgIpc) is 3.30. The summed E-state index contributed by atoms with van der Waals surface area (Å²) in [7, 11) is 0. The van der Waals surface area contributed by atoms with Crippen molar-refractivity contribution in [3.63, 3.8) is 0 Å². The number of carbonyl (C=O) groups excluding carboxylic acids is 1. The van der Waals surface area contributed by atoms with E-state index in [1.807, 2.05) is 18.2 Å². The number of hydrogen-bond donors (Lipinski definition) is 1. The van der Waals surface area contributed by atoms with E-state index in [0.29, 0.717) is 29.7 Å². The van der Waals surface area contributed by atoms with Gasteiger partial charge < -0.3 is 9.88 Å². The second-order valence-electron chi connectivity index (χ2n) is 7.83. The Bertz CT molecular complexity index is 1310. The van der Waals surface area contributed by atoms with E-state index in [1.54, 1.807) is 46.3 Å². The molecule has 1 aliphatic rings. The van der Waals surface area contributed by atoms with Crippen LogP contribution in [-0.4, -0.2) is 38.4 Å². The second-order valence-corrected chi connectivity index (χ2v) is 7.83. The van der Waals surface area contributed by atoms with Gasteiger partial charge >= 0.3 is 0 Å². The molecule has 1 fully saturated rings. The minimum atomic E-state index is -0.298. The maximum atomic E-state index is 13.2. The monoisotopic (exact) mass is 416 g/mol. The van der Waals surface area contributed by atoms with E-state index in [2.05, 4.69) is 9.97 Å². The van der Waals surface area contributed by atoms with Crippen LogP contribution >= 0.6 is 0 Å². The number of likely N-dealkylation sites (tertiary alicyclic amines) is 1. The largest absolute Gasteiger partial charge is 0.357 e. The number of aromatic nitrogens is 3. The first kappa shape index (κ1) is 19.2. The fraction of sp³-hybridized carbons (Fsp3) is 0.208. The molecule has 5 rings (SSSR count). The van der Waals surface area contributed by atoms with Gasteiger partial charge in [0.25, 0.3) is 11.5 Å². The van der Waals surface area contributed by atoms with E-state index >= 15 is 0 Å². The number of halogens is 1. The Kier molecular flexibility index (Phi) is 4.86. The Balaban J connectivity index is 1.37. The first-order chi connectivity index (χ1) is 15.1. The summed E-state index contributed by atoms with van der Waals surface area (Å²) < 4.78 is 14.8. The highest BCUT2D eigenvalue weighted by Crippen LogP contribution is 2.25. The summed E-state index contributed by atoms with van der Waals surface area (Å²) in [6.45, 7) is 1.08. The highest BCUT2D eigenvalue weighted by Gasteiger charge is 2.27. The average molecular weight is 416 g/mol. The standard InChI is InChI=1S/C24H21FN4O2/c25-18-9-7-16(8-10-18)17-12-22(26-13-17)24(31)28-11-3-4-19(14-28)29-15-27-21-6-2-1-5-20(21)23(29)30/h1-2,5-10,12-13,15,19,26H,3-4,11,14H2/t19-/m0/s1. The van der Waals surface area contributed by atoms with Gasteiger partial charge in [0.05, 0.1) is 23.3 Å². The third-order valence-corrected chi connectivity index (χ3v) is 5.86. The van der Waals surface area contributed by atoms with Gasteiger partial charge in [-0.25, -0.2) is 9.37 Å². The van der Waals surface area contributed by atoms with Crippen LogP contribution in [0.5, 0.6) is 0 Å². The van der Waals surface area contributed by atoms with Crippen molar-refractivity contribution in [1.82, 2.24) is 19.4 Å². The van der Waals surface area contributed by atoms with Crippen LogP contribution in [0, 0.1) is 5.82 Å². The van der Waals surface area contributed by atoms with Gasteiger partial charge in [-0.05, 0) is 54.3 Å². The molecule has 1 amide bonds. The van der Waals surface area contributed by atoms with Gasteiger partial charge in [-0.15, -0.1) is 0 Å². The Labute approximate surface area is 178 Å². The molecule has 1 atom stereocenters. The number of fused-ring (bicyclic) bond motifs is 1. The van der Waals surface area contributed by atoms with E-state index < -0.39 is 0 Å². The van der Waals surface area contributed by atoms with Crippen LogP contribution in [0.25, 0.3) is 22.0 Å². The predicted octanol–water partition coefficient (Wildman–Crippen LogP) is 4.01. The van der Waals surface area contributed by atoms with Crippen LogP contribution in [0.4, 0.5) is 4.39 Å². The zero-order valence-corrected chi connectivity index (χ0v) is 16.8. The number of piperidine rings is 1. The van der Waals surface area contributed by atoms with Crippen molar-refractivity contribution in [2.75, 3.05) is 13.1 Å². The molecule has 6 nitrogen and oxygen atoms in total. The van der Waals surface area contributed by atoms with E-state index in [9.17, 15) is 14.0 Å². The molecule has 1 aliphatic heterocycles. The van der Waals surface area contributed by atoms with E-state index in [-0.39, 0.29) is 23.3 Å². The first-order valence-corrected chi connectivity index (χ1v) is 10.3. The van der Waals surface area contributed by atoms with Crippen LogP contribution < -0.4 is 5.56 Å². The van der Waals surface area contributed by atoms with Crippen molar-refractivity contribution in [2.24, 2.45) is 0 Å². The van der Waals surface area contributed by atoms with Crippen molar-refractivity contribution < 1.29 is 9.18 Å². The number of nitrogens with zero attached hydrogens (tertiary/aromatic N) is 3. The maximum Gasteiger partial charge on any atom is 0.270 e. The number of hydrogen-bond acceptors (Lipinski definition) is 3. The lowest BCUT2D eigenvalue weighted by Crippen LogP contribution is -2.43. The van der Waals surface area contributed by atoms with Gasteiger partial charge in [0.2, 0.25) is 0 Å². The normalized spacial score (nSPS) is 16.5. The summed E-state index contributed by atoms with van der Waals surface area (Å²) in [4.78, 5) is 35.3. The van der Waals surface area contributed by atoms with Crippen molar-refractivity contribution in [1.29, 1.82) is 0 Å². The van der Waals surface area contributed by atoms with Gasteiger partial charge in [-0.2, -0.15) is 0 Å². The Morgan fingerprint density at radius 1 is 1.10 bits per heavy atom. The quantitative estimate of drug-likeness (QED) is 0.549. The van der Waals surface area contributed by atoms with Gasteiger partial charge in [0.15, 0.2) is 0 Å². The fourth-order valence-corrected chi connectivity index (χ4v) is 4.21. The van der Waals surface area contributed by atoms with Crippen LogP contribution in [0.1, 0.15) is 29.4 Å². The van der Waals surface area contributed by atoms with Crippen LogP contribution in [-0.2, 0) is 0 Å². The van der Waals surface area contributed by atoms with E-state index in [0.717, 1.165) is 24.0 Å². The number of amides is 1. The van der Waals surface area contributed by atoms with E-state index in [1.165, 1.54) is 12.1 Å². The Hall–Kier alpha value is -3.74. The third kappa shape index (κ3) is 3.63. The second kappa shape index (κ2) is 7.83. The summed E-state index contributed by atoms with van der Waals surface area (Å²) in [5.41, 5.74) is 2.73. The van der Waals surface area contributed by atoms with Gasteiger partial charge in [0, 0.05) is 19.3 Å². The lowest BCUT2D eigenvalue weighted by molar-refractivity contribution is 0.0672. The molecule has 1 N–H and O–H groups in total. The molecule has 156 valence electrons. The van der Waals surface area contributed by atoms with Crippen LogP contribution in [0.15, 0.2) is 71.9 Å². The molecular weight excluding hydrogens is 395 g/mol. The van der Waals surface area contributed by atoms with Gasteiger partial charge in [0.1, 0.15) is 11.5 Å². The smallest absolute Gasteiger partial charge is 0.270 e. The summed E-state index contributed by atoms with van der Waals surface area (Å²) >= 11 is 0. The van der Waals surface area contributed by atoms with Crippen molar-refractivity contribution in [3.8, 4) is 11.1 Å². The van der Waals surface area contributed by atoms with Gasteiger partial charge in [-0.1, -0.05) is 24.3 Å². The first-order valence-electron chi connectivity index (χ1n) is 10.3. The molecule has 0 aliphatic carbocycles. The number of benzene rings is 2. The molecule has 3 heterocycles. The molecule has 2 aromatic heterocycles. The topological polar surface area (TPSA) is 71.0 Å². The van der Waals surface area contributed by atoms with E-state index in [4.69, 9.17) is 0 Å². The predicted molar refractivity (Wildman–Crippen MR) is 116 cm³/mol. The Morgan fingerprint density at radius 2 is 1.90 bits per heavy atom. The summed E-state index contributed by atoms with van der Waals surface area (Å²) in [5.74, 6) is -0.409. The number of carbonyl (C=O) groups is 1. The molecule has 0 unspecified atom stereocenters. The molecule has 0 radical (unpaired) electrons. The van der Waals surface area contributed by atoms with Crippen molar-refractivity contribution in [2.45, 2.75) is 18.9 Å². The number of nitrogens with one attached hydrogen (secondary N) is 1. The number of rotatable bonds is 3. The summed E-state index contributed by atoms with van der Waals surface area (Å²) in [6, 6.07) is 15.1. The zero-order chi connectivity index (χ0) is 21.4. The maximum absolute atomic E-state index is 13.2. The minimum Gasteiger partial charge on any atom is -0.357 e. The fourth-order valence-electron chi connectivity index (χ4n) is 4.21. The Morgan fingerprint density at radius 3 is 2.74 bits per heavy atom. The molecule has 4 aromatic rings. The number of H-pyrrole nitrogens is 1. The molecule has 2 aromatic carbocycles. The minimum absolute atomic E-state index is 0.0802. The number of para-hydroxylation sites is 1. The SMILES string of the molecule is O=C(c1cc(-c2ccc(F)cc2)c[nH]1)N1CCC[C@H](n2cnc3ccccc3c2=O)C1. The number of aromatic amines is 1. The zero-order valence-electron chi connectivity index (χ0n) is 16.8. The molecule has 0 spiro atoms. The molecule has 7 heteroatoms. The highest BCUT2D eigenvalue weighted by molar-refractivity contribution is 5.94. The molecule has 0 saturated carbocycles. The third-order valence-electron chi connectivity index (χ3n) is 5.86. The lowest BCUT2D eigenvalue weighted by atomic mass is 10.0. The van der Waals surface area contributed by atoms with Gasteiger partial charge in [-0.3, -0.25) is 14.2 Å². The lowest BCUT2D eigenvalue weighted by Gasteiger charge is -2.33. The summed E-state index contributed by atoms with van der Waals surface area (Å²) in [5, 5.41) is 0.585. The van der Waals surface area contributed by atoms with Crippen LogP contribution in [0.2, 0.25) is 0 Å². The van der Waals surface area contributed by atoms with Crippen LogP contribution in [0.3, 0.4) is 0 Å². The molecule has 31 heavy (non-hydrogen) atoms. The highest BCUT2D eigenvalue weighted by atomic mass is 19.1. The molecular formula is C24H21FN4O2. The summed E-state index contributed by atoms with van der Waals surface area (Å²) in [6.07, 6.45) is 4.96. The molecule has 0 bridgehead atoms. The van der Waals surface area contributed by atoms with Crippen molar-refractivity contribution >= 4 is 16.8 Å².